The Kier molecular flexibility index (Phi) is 4.14. The fourth-order valence-electron chi connectivity index (χ4n) is 3.68. The quantitative estimate of drug-likeness (QED) is 0.483. The molecule has 4 heterocycles. The second-order valence-electron chi connectivity index (χ2n) is 7.38. The Balaban J connectivity index is 1.55. The van der Waals surface area contributed by atoms with Gasteiger partial charge in [-0.05, 0) is 49.8 Å². The summed E-state index contributed by atoms with van der Waals surface area (Å²) in [5.74, 6) is 0.672. The van der Waals surface area contributed by atoms with Crippen molar-refractivity contribution >= 4 is 34.3 Å². The van der Waals surface area contributed by atoms with Gasteiger partial charge < -0.3 is 18.6 Å². The SMILES string of the molecule is Cc1cn2cc(-c3cc4ccc(N5CCN(C)CC5)cc4c(=S)o3)nc2cn1. The predicted octanol–water partition coefficient (Wildman–Crippen LogP) is 3.93. The molecule has 1 aromatic carbocycles. The van der Waals surface area contributed by atoms with E-state index in [2.05, 4.69) is 45.0 Å². The standard InChI is InChI=1S/C21H21N5OS/c1-14-12-26-13-18(23-20(26)11-22-14)19-9-15-3-4-16(10-17(15)21(28)27-19)25-7-5-24(2)6-8-25/h3-4,9-13H,5-8H2,1-2H3. The van der Waals surface area contributed by atoms with Crippen molar-refractivity contribution in [3.05, 3.63) is 53.3 Å². The minimum atomic E-state index is 0.495. The van der Waals surface area contributed by atoms with Gasteiger partial charge in [-0.25, -0.2) is 4.98 Å². The van der Waals surface area contributed by atoms with E-state index >= 15 is 0 Å². The fraction of sp³-hybridized carbons (Fsp3) is 0.286. The van der Waals surface area contributed by atoms with E-state index in [1.54, 1.807) is 6.20 Å². The van der Waals surface area contributed by atoms with Crippen molar-refractivity contribution in [2.45, 2.75) is 6.92 Å². The number of aromatic nitrogens is 3. The third-order valence-electron chi connectivity index (χ3n) is 5.34. The lowest BCUT2D eigenvalue weighted by molar-refractivity contribution is 0.313. The zero-order valence-electron chi connectivity index (χ0n) is 15.9. The third kappa shape index (κ3) is 3.06. The number of benzene rings is 1. The van der Waals surface area contributed by atoms with Crippen LogP contribution in [0.5, 0.6) is 0 Å². The van der Waals surface area contributed by atoms with Gasteiger partial charge in [0.15, 0.2) is 16.1 Å². The number of aryl methyl sites for hydroxylation is 1. The number of hydrogen-bond acceptors (Lipinski definition) is 6. The largest absolute Gasteiger partial charge is 0.443 e. The van der Waals surface area contributed by atoms with Gasteiger partial charge in [0.25, 0.3) is 0 Å². The molecule has 28 heavy (non-hydrogen) atoms. The molecule has 0 radical (unpaired) electrons. The monoisotopic (exact) mass is 391 g/mol. The number of likely N-dealkylation sites (N-methyl/N-ethyl adjacent to an activating group) is 1. The minimum absolute atomic E-state index is 0.495. The molecular weight excluding hydrogens is 370 g/mol. The highest BCUT2D eigenvalue weighted by Crippen LogP contribution is 2.29. The molecule has 0 bridgehead atoms. The Morgan fingerprint density at radius 2 is 1.89 bits per heavy atom. The molecule has 1 fully saturated rings. The van der Waals surface area contributed by atoms with Crippen LogP contribution >= 0.6 is 12.2 Å². The second kappa shape index (κ2) is 6.68. The lowest BCUT2D eigenvalue weighted by atomic mass is 10.1. The maximum absolute atomic E-state index is 5.99. The van der Waals surface area contributed by atoms with Crippen LogP contribution in [0.2, 0.25) is 0 Å². The van der Waals surface area contributed by atoms with Crippen LogP contribution in [0.3, 0.4) is 0 Å². The Bertz CT molecular complexity index is 1240. The fourth-order valence-corrected chi connectivity index (χ4v) is 3.95. The summed E-state index contributed by atoms with van der Waals surface area (Å²) in [5, 5.41) is 2.03. The highest BCUT2D eigenvalue weighted by atomic mass is 32.1. The number of rotatable bonds is 2. The molecule has 1 saturated heterocycles. The second-order valence-corrected chi connectivity index (χ2v) is 7.75. The van der Waals surface area contributed by atoms with E-state index in [4.69, 9.17) is 16.6 Å². The molecule has 6 nitrogen and oxygen atoms in total. The van der Waals surface area contributed by atoms with Crippen LogP contribution in [0, 0.1) is 11.6 Å². The summed E-state index contributed by atoms with van der Waals surface area (Å²) in [4.78, 5) is 13.7. The van der Waals surface area contributed by atoms with Gasteiger partial charge in [-0.1, -0.05) is 6.07 Å². The van der Waals surface area contributed by atoms with E-state index in [-0.39, 0.29) is 0 Å². The number of fused-ring (bicyclic) bond motifs is 2. The van der Waals surface area contributed by atoms with Crippen LogP contribution in [0.15, 0.2) is 47.3 Å². The third-order valence-corrected chi connectivity index (χ3v) is 5.64. The van der Waals surface area contributed by atoms with Gasteiger partial charge in [0.05, 0.1) is 11.9 Å². The van der Waals surface area contributed by atoms with E-state index in [9.17, 15) is 0 Å². The Morgan fingerprint density at radius 3 is 2.71 bits per heavy atom. The predicted molar refractivity (Wildman–Crippen MR) is 113 cm³/mol. The van der Waals surface area contributed by atoms with Gasteiger partial charge in [-0.2, -0.15) is 0 Å². The molecule has 0 saturated carbocycles. The van der Waals surface area contributed by atoms with Gasteiger partial charge in [0.2, 0.25) is 0 Å². The highest BCUT2D eigenvalue weighted by Gasteiger charge is 2.16. The first kappa shape index (κ1) is 17.3. The molecule has 0 unspecified atom stereocenters. The molecule has 5 rings (SSSR count). The summed E-state index contributed by atoms with van der Waals surface area (Å²) in [6, 6.07) is 8.45. The van der Waals surface area contributed by atoms with Gasteiger partial charge >= 0.3 is 0 Å². The summed E-state index contributed by atoms with van der Waals surface area (Å²) >= 11 is 5.58. The number of hydrogen-bond donors (Lipinski definition) is 0. The van der Waals surface area contributed by atoms with Gasteiger partial charge in [-0.15, -0.1) is 0 Å². The first-order chi connectivity index (χ1) is 13.6. The Hall–Kier alpha value is -2.77. The normalized spacial score (nSPS) is 15.6. The zero-order valence-corrected chi connectivity index (χ0v) is 16.7. The first-order valence-electron chi connectivity index (χ1n) is 9.40. The summed E-state index contributed by atoms with van der Waals surface area (Å²) in [6.45, 7) is 6.16. The van der Waals surface area contributed by atoms with Crippen LogP contribution in [0.4, 0.5) is 5.69 Å². The molecular formula is C21H21N5OS. The molecule has 3 aromatic heterocycles. The molecule has 7 heteroatoms. The summed E-state index contributed by atoms with van der Waals surface area (Å²) < 4.78 is 8.44. The van der Waals surface area contributed by atoms with Crippen molar-refractivity contribution in [1.29, 1.82) is 0 Å². The van der Waals surface area contributed by atoms with E-state index in [1.165, 1.54) is 5.69 Å². The molecule has 0 amide bonds. The van der Waals surface area contributed by atoms with Crippen LogP contribution in [0.25, 0.3) is 27.9 Å². The van der Waals surface area contributed by atoms with Gasteiger partial charge in [0, 0.05) is 49.6 Å². The number of imidazole rings is 1. The van der Waals surface area contributed by atoms with Gasteiger partial charge in [0.1, 0.15) is 5.69 Å². The Labute approximate surface area is 168 Å². The van der Waals surface area contributed by atoms with Crippen molar-refractivity contribution in [1.82, 2.24) is 19.3 Å². The summed E-state index contributed by atoms with van der Waals surface area (Å²) in [7, 11) is 2.16. The summed E-state index contributed by atoms with van der Waals surface area (Å²) in [6.07, 6.45) is 5.66. The average molecular weight is 392 g/mol. The minimum Gasteiger partial charge on any atom is -0.443 e. The molecule has 0 aliphatic carbocycles. The maximum Gasteiger partial charge on any atom is 0.198 e. The zero-order chi connectivity index (χ0) is 19.3. The van der Waals surface area contributed by atoms with Crippen LogP contribution in [-0.4, -0.2) is 52.5 Å². The van der Waals surface area contributed by atoms with Crippen molar-refractivity contribution in [3.8, 4) is 11.5 Å². The number of anilines is 1. The number of nitrogens with zero attached hydrogens (tertiary/aromatic N) is 5. The van der Waals surface area contributed by atoms with E-state index in [0.717, 1.165) is 54.0 Å². The van der Waals surface area contributed by atoms with Crippen LogP contribution in [-0.2, 0) is 0 Å². The summed E-state index contributed by atoms with van der Waals surface area (Å²) in [5.41, 5.74) is 3.67. The molecule has 0 N–H and O–H groups in total. The van der Waals surface area contributed by atoms with Crippen LogP contribution in [0.1, 0.15) is 5.69 Å². The van der Waals surface area contributed by atoms with Crippen LogP contribution < -0.4 is 4.90 Å². The molecule has 0 spiro atoms. The van der Waals surface area contributed by atoms with E-state index in [0.29, 0.717) is 10.5 Å². The average Bonchev–Trinajstić information content (AvgIpc) is 3.11. The van der Waals surface area contributed by atoms with Crippen molar-refractivity contribution in [3.63, 3.8) is 0 Å². The lowest BCUT2D eigenvalue weighted by Gasteiger charge is -2.34. The topological polar surface area (TPSA) is 49.8 Å². The smallest absolute Gasteiger partial charge is 0.198 e. The van der Waals surface area contributed by atoms with Crippen molar-refractivity contribution in [2.24, 2.45) is 0 Å². The van der Waals surface area contributed by atoms with Gasteiger partial charge in [-0.3, -0.25) is 4.98 Å². The molecule has 142 valence electrons. The molecule has 1 aliphatic heterocycles. The lowest BCUT2D eigenvalue weighted by Crippen LogP contribution is -2.44. The molecule has 0 atom stereocenters. The van der Waals surface area contributed by atoms with E-state index in [1.807, 2.05) is 29.8 Å². The molecule has 1 aliphatic rings. The van der Waals surface area contributed by atoms with Crippen molar-refractivity contribution < 1.29 is 4.42 Å². The maximum atomic E-state index is 5.99. The Morgan fingerprint density at radius 1 is 1.07 bits per heavy atom. The first-order valence-corrected chi connectivity index (χ1v) is 9.81. The van der Waals surface area contributed by atoms with Crippen molar-refractivity contribution in [2.75, 3.05) is 38.1 Å². The number of piperazine rings is 1. The molecule has 4 aromatic rings. The van der Waals surface area contributed by atoms with E-state index < -0.39 is 0 Å². The highest BCUT2D eigenvalue weighted by molar-refractivity contribution is 7.71.